The number of hydrogen-bond acceptors (Lipinski definition) is 6. The number of imidazole rings is 1. The number of anilines is 1. The van der Waals surface area contributed by atoms with Crippen molar-refractivity contribution in [1.82, 2.24) is 24.3 Å². The fourth-order valence-corrected chi connectivity index (χ4v) is 4.72. The molecule has 15 heteroatoms. The minimum absolute atomic E-state index is 0.0122. The molecule has 0 aliphatic carbocycles. The van der Waals surface area contributed by atoms with Crippen molar-refractivity contribution < 1.29 is 35.9 Å². The zero-order chi connectivity index (χ0) is 28.3. The van der Waals surface area contributed by atoms with Gasteiger partial charge in [-0.1, -0.05) is 17.7 Å². The maximum absolute atomic E-state index is 14.0. The van der Waals surface area contributed by atoms with Crippen molar-refractivity contribution in [2.75, 3.05) is 12.4 Å². The minimum Gasteiger partial charge on any atom is -0.494 e. The van der Waals surface area contributed by atoms with Crippen LogP contribution in [0.1, 0.15) is 30.2 Å². The zero-order valence-corrected chi connectivity index (χ0v) is 20.8. The van der Waals surface area contributed by atoms with Gasteiger partial charge in [0.15, 0.2) is 23.0 Å². The molecule has 39 heavy (non-hydrogen) atoms. The Balaban J connectivity index is 1.57. The highest BCUT2D eigenvalue weighted by atomic mass is 35.5. The number of aromatic nitrogens is 5. The maximum atomic E-state index is 14.0. The summed E-state index contributed by atoms with van der Waals surface area (Å²) in [6, 6.07) is 3.89. The van der Waals surface area contributed by atoms with Crippen LogP contribution in [0.15, 0.2) is 36.8 Å². The lowest BCUT2D eigenvalue weighted by Gasteiger charge is -2.23. The predicted molar refractivity (Wildman–Crippen MR) is 126 cm³/mol. The van der Waals surface area contributed by atoms with Gasteiger partial charge >= 0.3 is 12.1 Å². The van der Waals surface area contributed by atoms with E-state index in [1.54, 1.807) is 6.92 Å². The lowest BCUT2D eigenvalue weighted by atomic mass is 9.78. The molecule has 4 aromatic rings. The van der Waals surface area contributed by atoms with Crippen LogP contribution in [-0.2, 0) is 16.6 Å². The second-order valence-corrected chi connectivity index (χ2v) is 9.28. The van der Waals surface area contributed by atoms with Crippen LogP contribution in [0.4, 0.5) is 32.2 Å². The van der Waals surface area contributed by atoms with E-state index in [2.05, 4.69) is 25.3 Å². The molecule has 4 heterocycles. The molecule has 1 atom stereocenters. The number of alkyl halides is 5. The van der Waals surface area contributed by atoms with E-state index in [1.165, 1.54) is 42.2 Å². The first-order chi connectivity index (χ1) is 18.3. The van der Waals surface area contributed by atoms with Gasteiger partial charge in [0.2, 0.25) is 5.91 Å². The summed E-state index contributed by atoms with van der Waals surface area (Å²) in [5.74, 6) is -6.29. The van der Waals surface area contributed by atoms with Crippen molar-refractivity contribution in [2.24, 2.45) is 0 Å². The first-order valence-corrected chi connectivity index (χ1v) is 11.6. The first-order valence-electron chi connectivity index (χ1n) is 11.3. The van der Waals surface area contributed by atoms with Crippen LogP contribution in [0.3, 0.4) is 0 Å². The van der Waals surface area contributed by atoms with Gasteiger partial charge in [0.25, 0.3) is 0 Å². The lowest BCUT2D eigenvalue weighted by molar-refractivity contribution is -0.284. The Morgan fingerprint density at radius 3 is 2.59 bits per heavy atom. The average molecular weight is 571 g/mol. The third-order valence-electron chi connectivity index (χ3n) is 6.54. The molecular formula is C24H17ClF6N6O2. The Hall–Kier alpha value is -3.94. The Morgan fingerprint density at radius 2 is 1.90 bits per heavy atom. The van der Waals surface area contributed by atoms with Crippen molar-refractivity contribution in [3.05, 3.63) is 64.6 Å². The standard InChI is InChI=1S/C24H17ClF6N6O2/c1-22(11-3-4-12(26)15(9-11)39-2)16-17(25)34-18(35-19(16)36-21(22)38)14-10-37-8-7-32-20(37)13(33-14)5-6-23(27,28)24(29,30)31/h3-4,7-10H,5-6H2,1-2H3,(H,34,35,36,38). The lowest BCUT2D eigenvalue weighted by Crippen LogP contribution is -2.36. The SMILES string of the molecule is COc1cc(C2(C)C(=O)Nc3nc(-c4cn5ccnc5c(CCC(F)(F)C(F)(F)F)n4)nc(Cl)c32)ccc1F. The van der Waals surface area contributed by atoms with Gasteiger partial charge in [-0.2, -0.15) is 22.0 Å². The van der Waals surface area contributed by atoms with E-state index in [-0.39, 0.29) is 45.1 Å². The normalized spacial score (nSPS) is 17.4. The van der Waals surface area contributed by atoms with E-state index < -0.39 is 42.1 Å². The predicted octanol–water partition coefficient (Wildman–Crippen LogP) is 5.38. The molecule has 0 spiro atoms. The third-order valence-corrected chi connectivity index (χ3v) is 6.82. The van der Waals surface area contributed by atoms with Crippen LogP contribution in [0.2, 0.25) is 5.15 Å². The van der Waals surface area contributed by atoms with Crippen LogP contribution in [0.5, 0.6) is 5.75 Å². The van der Waals surface area contributed by atoms with Crippen molar-refractivity contribution in [3.63, 3.8) is 0 Å². The summed E-state index contributed by atoms with van der Waals surface area (Å²) in [5, 5.41) is 2.46. The van der Waals surface area contributed by atoms with Crippen molar-refractivity contribution in [1.29, 1.82) is 0 Å². The molecule has 0 fully saturated rings. The largest absolute Gasteiger partial charge is 0.494 e. The third kappa shape index (κ3) is 4.32. The first kappa shape index (κ1) is 26.7. The number of benzene rings is 1. The molecule has 0 saturated carbocycles. The highest BCUT2D eigenvalue weighted by Gasteiger charge is 2.56. The molecule has 0 bridgehead atoms. The number of halogens is 7. The van der Waals surface area contributed by atoms with Gasteiger partial charge in [-0.25, -0.2) is 24.3 Å². The zero-order valence-electron chi connectivity index (χ0n) is 20.1. The number of fused-ring (bicyclic) bond motifs is 2. The molecule has 1 aromatic carbocycles. The maximum Gasteiger partial charge on any atom is 0.453 e. The molecular weight excluding hydrogens is 554 g/mol. The Labute approximate surface area is 221 Å². The van der Waals surface area contributed by atoms with Gasteiger partial charge in [-0.3, -0.25) is 4.79 Å². The molecule has 1 unspecified atom stereocenters. The van der Waals surface area contributed by atoms with Crippen molar-refractivity contribution >= 4 is 29.0 Å². The fraction of sp³-hybridized carbons (Fsp3) is 0.292. The van der Waals surface area contributed by atoms with Crippen LogP contribution < -0.4 is 10.1 Å². The highest BCUT2D eigenvalue weighted by Crippen LogP contribution is 2.46. The number of methoxy groups -OCH3 is 1. The fourth-order valence-electron chi connectivity index (χ4n) is 4.36. The number of nitrogens with one attached hydrogen (secondary N) is 1. The average Bonchev–Trinajstić information content (AvgIpc) is 3.44. The molecule has 0 saturated heterocycles. The smallest absolute Gasteiger partial charge is 0.453 e. The molecule has 1 aliphatic heterocycles. The van der Waals surface area contributed by atoms with E-state index in [4.69, 9.17) is 16.3 Å². The summed E-state index contributed by atoms with van der Waals surface area (Å²) < 4.78 is 85.7. The molecule has 204 valence electrons. The number of rotatable bonds is 6. The Bertz CT molecular complexity index is 1620. The van der Waals surface area contributed by atoms with Gasteiger partial charge in [0, 0.05) is 25.0 Å². The number of carbonyl (C=O) groups excluding carboxylic acids is 1. The van der Waals surface area contributed by atoms with E-state index in [1.807, 2.05) is 0 Å². The molecule has 0 radical (unpaired) electrons. The van der Waals surface area contributed by atoms with E-state index in [9.17, 15) is 31.1 Å². The van der Waals surface area contributed by atoms with Crippen LogP contribution in [0.25, 0.3) is 17.2 Å². The van der Waals surface area contributed by atoms with Gasteiger partial charge in [-0.05, 0) is 31.0 Å². The van der Waals surface area contributed by atoms with Gasteiger partial charge < -0.3 is 14.5 Å². The summed E-state index contributed by atoms with van der Waals surface area (Å²) in [7, 11) is 1.28. The summed E-state index contributed by atoms with van der Waals surface area (Å²) in [5.41, 5.74) is -0.963. The minimum atomic E-state index is -5.72. The molecule has 5 rings (SSSR count). The number of hydrogen-bond donors (Lipinski definition) is 1. The van der Waals surface area contributed by atoms with Crippen LogP contribution >= 0.6 is 11.6 Å². The highest BCUT2D eigenvalue weighted by molar-refractivity contribution is 6.32. The second-order valence-electron chi connectivity index (χ2n) is 8.92. The summed E-state index contributed by atoms with van der Waals surface area (Å²) in [6.45, 7) is 1.55. The number of amides is 1. The quantitative estimate of drug-likeness (QED) is 0.247. The van der Waals surface area contributed by atoms with Crippen molar-refractivity contribution in [2.45, 2.75) is 37.3 Å². The molecule has 3 aromatic heterocycles. The molecule has 1 aliphatic rings. The molecule has 1 amide bonds. The number of aryl methyl sites for hydroxylation is 1. The monoisotopic (exact) mass is 570 g/mol. The number of nitrogens with zero attached hydrogens (tertiary/aromatic N) is 5. The van der Waals surface area contributed by atoms with Gasteiger partial charge in [-0.15, -0.1) is 0 Å². The number of carbonyl (C=O) groups is 1. The Morgan fingerprint density at radius 1 is 1.15 bits per heavy atom. The van der Waals surface area contributed by atoms with Crippen LogP contribution in [0, 0.1) is 5.82 Å². The summed E-state index contributed by atoms with van der Waals surface area (Å²) >= 11 is 6.52. The molecule has 8 nitrogen and oxygen atoms in total. The summed E-state index contributed by atoms with van der Waals surface area (Å²) in [4.78, 5) is 29.9. The topological polar surface area (TPSA) is 94.3 Å². The molecule has 1 N–H and O–H groups in total. The Kier molecular flexibility index (Phi) is 6.20. The van der Waals surface area contributed by atoms with E-state index >= 15 is 0 Å². The second kappa shape index (κ2) is 9.07. The van der Waals surface area contributed by atoms with Gasteiger partial charge in [0.05, 0.1) is 18.4 Å². The van der Waals surface area contributed by atoms with Crippen molar-refractivity contribution in [3.8, 4) is 17.3 Å². The number of ether oxygens (including phenoxy) is 1. The summed E-state index contributed by atoms with van der Waals surface area (Å²) in [6.07, 6.45) is -3.84. The van der Waals surface area contributed by atoms with E-state index in [0.717, 1.165) is 6.07 Å². The van der Waals surface area contributed by atoms with Crippen LogP contribution in [-0.4, -0.2) is 49.5 Å². The van der Waals surface area contributed by atoms with Gasteiger partial charge in [0.1, 0.15) is 22.1 Å². The van der Waals surface area contributed by atoms with E-state index in [0.29, 0.717) is 5.56 Å².